The molecule has 0 amide bonds. The van der Waals surface area contributed by atoms with E-state index in [-0.39, 0.29) is 0 Å². The molecule has 0 fully saturated rings. The first-order valence-corrected chi connectivity index (χ1v) is 18.0. The van der Waals surface area contributed by atoms with Gasteiger partial charge in [0.1, 0.15) is 17.0 Å². The number of hydrogen-bond acceptors (Lipinski definition) is 5. The molecule has 6 nitrogen and oxygen atoms in total. The Kier molecular flexibility index (Phi) is 6.75. The van der Waals surface area contributed by atoms with Crippen molar-refractivity contribution >= 4 is 54.5 Å². The number of imidazole rings is 1. The Bertz CT molecular complexity index is 3160. The summed E-state index contributed by atoms with van der Waals surface area (Å²) in [6.07, 6.45) is 0. The van der Waals surface area contributed by atoms with Crippen LogP contribution in [0.15, 0.2) is 180 Å². The summed E-state index contributed by atoms with van der Waals surface area (Å²) >= 11 is 0. The first-order chi connectivity index (χ1) is 26.8. The van der Waals surface area contributed by atoms with E-state index in [4.69, 9.17) is 24.4 Å². The van der Waals surface area contributed by atoms with Crippen molar-refractivity contribution in [3.05, 3.63) is 176 Å². The Balaban J connectivity index is 1.19. The van der Waals surface area contributed by atoms with Gasteiger partial charge in [-0.2, -0.15) is 0 Å². The topological polar surface area (TPSA) is 69.6 Å². The molecule has 3 heterocycles. The fourth-order valence-corrected chi connectivity index (χ4v) is 7.74. The summed E-state index contributed by atoms with van der Waals surface area (Å²) < 4.78 is 8.53. The molecule has 3 aromatic heterocycles. The third-order valence-electron chi connectivity index (χ3n) is 10.2. The van der Waals surface area contributed by atoms with E-state index in [1.807, 2.05) is 72.8 Å². The van der Waals surface area contributed by atoms with Gasteiger partial charge in [0.25, 0.3) is 0 Å². The van der Waals surface area contributed by atoms with Crippen LogP contribution in [0, 0.1) is 0 Å². The molecule has 252 valence electrons. The molecular formula is C48H29N5O. The maximum Gasteiger partial charge on any atom is 0.164 e. The maximum absolute atomic E-state index is 6.23. The number of aromatic nitrogens is 5. The zero-order valence-electron chi connectivity index (χ0n) is 28.9. The van der Waals surface area contributed by atoms with Crippen LogP contribution in [-0.2, 0) is 0 Å². The summed E-state index contributed by atoms with van der Waals surface area (Å²) in [4.78, 5) is 20.5. The summed E-state index contributed by atoms with van der Waals surface area (Å²) in [5.41, 5.74) is 8.36. The molecule has 8 aromatic carbocycles. The highest BCUT2D eigenvalue weighted by atomic mass is 16.3. The summed E-state index contributed by atoms with van der Waals surface area (Å²) in [6.45, 7) is 0. The van der Waals surface area contributed by atoms with Crippen molar-refractivity contribution < 1.29 is 4.42 Å². The molecular weight excluding hydrogens is 663 g/mol. The zero-order chi connectivity index (χ0) is 35.6. The monoisotopic (exact) mass is 691 g/mol. The molecule has 0 spiro atoms. The molecule has 0 radical (unpaired) electrons. The van der Waals surface area contributed by atoms with E-state index in [0.29, 0.717) is 17.5 Å². The van der Waals surface area contributed by atoms with Crippen molar-refractivity contribution in [3.8, 4) is 51.2 Å². The SMILES string of the molecule is c1ccc(-c2nc(-c3ccccc3)nc(-c3cccc(-n4c(-c5ccc6oc7ccccc7c6c5)nc5c6ccccc6c6ccccc6c54)c3)n2)cc1. The Morgan fingerprint density at radius 1 is 0.352 bits per heavy atom. The van der Waals surface area contributed by atoms with E-state index < -0.39 is 0 Å². The molecule has 54 heavy (non-hydrogen) atoms. The molecule has 0 aliphatic rings. The van der Waals surface area contributed by atoms with Crippen LogP contribution < -0.4 is 0 Å². The van der Waals surface area contributed by atoms with Gasteiger partial charge in [-0.15, -0.1) is 0 Å². The predicted octanol–water partition coefficient (Wildman–Crippen LogP) is 12.1. The van der Waals surface area contributed by atoms with Crippen LogP contribution >= 0.6 is 0 Å². The Morgan fingerprint density at radius 2 is 0.889 bits per heavy atom. The maximum atomic E-state index is 6.23. The van der Waals surface area contributed by atoms with E-state index in [0.717, 1.165) is 77.5 Å². The van der Waals surface area contributed by atoms with Crippen LogP contribution in [0.5, 0.6) is 0 Å². The molecule has 0 atom stereocenters. The molecule has 6 heteroatoms. The second-order valence-electron chi connectivity index (χ2n) is 13.5. The van der Waals surface area contributed by atoms with Gasteiger partial charge in [-0.25, -0.2) is 19.9 Å². The second kappa shape index (κ2) is 12.1. The van der Waals surface area contributed by atoms with Gasteiger partial charge >= 0.3 is 0 Å². The lowest BCUT2D eigenvalue weighted by atomic mass is 10.00. The van der Waals surface area contributed by atoms with Gasteiger partial charge in [0.2, 0.25) is 0 Å². The summed E-state index contributed by atoms with van der Waals surface area (Å²) in [5.74, 6) is 2.67. The molecule has 0 saturated heterocycles. The van der Waals surface area contributed by atoms with Crippen molar-refractivity contribution in [2.24, 2.45) is 0 Å². The van der Waals surface area contributed by atoms with Gasteiger partial charge in [0.05, 0.1) is 11.0 Å². The highest BCUT2D eigenvalue weighted by molar-refractivity contribution is 6.24. The molecule has 0 unspecified atom stereocenters. The number of para-hydroxylation sites is 1. The highest BCUT2D eigenvalue weighted by Gasteiger charge is 2.22. The average Bonchev–Trinajstić information content (AvgIpc) is 3.84. The van der Waals surface area contributed by atoms with Gasteiger partial charge in [-0.05, 0) is 47.2 Å². The first-order valence-electron chi connectivity index (χ1n) is 18.0. The Hall–Kier alpha value is -7.44. The Labute approximate surface area is 309 Å². The van der Waals surface area contributed by atoms with E-state index >= 15 is 0 Å². The number of rotatable bonds is 5. The van der Waals surface area contributed by atoms with E-state index in [9.17, 15) is 0 Å². The smallest absolute Gasteiger partial charge is 0.164 e. The van der Waals surface area contributed by atoms with Crippen LogP contribution in [0.2, 0.25) is 0 Å². The molecule has 0 saturated carbocycles. The third kappa shape index (κ3) is 4.81. The van der Waals surface area contributed by atoms with Gasteiger partial charge in [-0.3, -0.25) is 4.57 Å². The van der Waals surface area contributed by atoms with E-state index in [1.165, 1.54) is 10.8 Å². The lowest BCUT2D eigenvalue weighted by Crippen LogP contribution is -2.02. The third-order valence-corrected chi connectivity index (χ3v) is 10.2. The predicted molar refractivity (Wildman–Crippen MR) is 218 cm³/mol. The van der Waals surface area contributed by atoms with Crippen LogP contribution in [0.3, 0.4) is 0 Å². The van der Waals surface area contributed by atoms with Gasteiger partial charge in [0, 0.05) is 49.5 Å². The summed E-state index contributed by atoms with van der Waals surface area (Å²) in [7, 11) is 0. The van der Waals surface area contributed by atoms with E-state index in [2.05, 4.69) is 108 Å². The van der Waals surface area contributed by atoms with Gasteiger partial charge in [-0.1, -0.05) is 140 Å². The van der Waals surface area contributed by atoms with Crippen molar-refractivity contribution in [1.82, 2.24) is 24.5 Å². The minimum Gasteiger partial charge on any atom is -0.456 e. The number of furan rings is 1. The normalized spacial score (nSPS) is 11.7. The van der Waals surface area contributed by atoms with Crippen molar-refractivity contribution in [2.75, 3.05) is 0 Å². The van der Waals surface area contributed by atoms with Gasteiger partial charge < -0.3 is 4.42 Å². The standard InChI is InChI=1S/C48H29N5O/c1-3-14-30(15-4-1)45-50-46(31-16-5-2-6-17-31)52-47(51-45)32-18-13-19-34(28-32)53-44-39-24-10-8-21-36(39)35-20-7-9-23-38(35)43(44)49-48(53)33-26-27-42-40(29-33)37-22-11-12-25-41(37)54-42/h1-29H. The van der Waals surface area contributed by atoms with Crippen molar-refractivity contribution in [1.29, 1.82) is 0 Å². The van der Waals surface area contributed by atoms with Crippen LogP contribution in [0.25, 0.3) is 106 Å². The second-order valence-corrected chi connectivity index (χ2v) is 13.5. The van der Waals surface area contributed by atoms with E-state index in [1.54, 1.807) is 0 Å². The lowest BCUT2D eigenvalue weighted by Gasteiger charge is -2.14. The number of nitrogens with zero attached hydrogens (tertiary/aromatic N) is 5. The summed E-state index contributed by atoms with van der Waals surface area (Å²) in [6, 6.07) is 60.3. The molecule has 11 aromatic rings. The average molecular weight is 692 g/mol. The molecule has 0 aliphatic heterocycles. The largest absolute Gasteiger partial charge is 0.456 e. The number of fused-ring (bicyclic) bond motifs is 9. The van der Waals surface area contributed by atoms with Crippen molar-refractivity contribution in [3.63, 3.8) is 0 Å². The molecule has 0 bridgehead atoms. The minimum absolute atomic E-state index is 0.595. The summed E-state index contributed by atoms with van der Waals surface area (Å²) in [5, 5.41) is 6.72. The molecule has 0 aliphatic carbocycles. The van der Waals surface area contributed by atoms with Crippen LogP contribution in [0.1, 0.15) is 0 Å². The number of hydrogen-bond donors (Lipinski definition) is 0. The molecule has 0 N–H and O–H groups in total. The molecule has 11 rings (SSSR count). The van der Waals surface area contributed by atoms with Gasteiger partial charge in [0.15, 0.2) is 17.5 Å². The lowest BCUT2D eigenvalue weighted by molar-refractivity contribution is 0.669. The highest BCUT2D eigenvalue weighted by Crippen LogP contribution is 2.41. The Morgan fingerprint density at radius 3 is 1.59 bits per heavy atom. The minimum atomic E-state index is 0.595. The fraction of sp³-hybridized carbons (Fsp3) is 0. The first kappa shape index (κ1) is 30.2. The van der Waals surface area contributed by atoms with Crippen molar-refractivity contribution in [2.45, 2.75) is 0 Å². The van der Waals surface area contributed by atoms with Crippen LogP contribution in [0.4, 0.5) is 0 Å². The quantitative estimate of drug-likeness (QED) is 0.168. The number of benzene rings is 8. The fourth-order valence-electron chi connectivity index (χ4n) is 7.74. The van der Waals surface area contributed by atoms with Crippen LogP contribution in [-0.4, -0.2) is 24.5 Å². The zero-order valence-corrected chi connectivity index (χ0v) is 28.9.